The number of rotatable bonds is 4. The first-order chi connectivity index (χ1) is 10.4. The van der Waals surface area contributed by atoms with Gasteiger partial charge in [-0.3, -0.25) is 9.89 Å². The summed E-state index contributed by atoms with van der Waals surface area (Å²) in [6, 6.07) is 3.22. The minimum absolute atomic E-state index is 0.101. The lowest BCUT2D eigenvalue weighted by atomic mass is 10.2. The van der Waals surface area contributed by atoms with Crippen LogP contribution in [-0.2, 0) is 13.5 Å². The first kappa shape index (κ1) is 15.8. The average Bonchev–Trinajstić information content (AvgIpc) is 2.84. The predicted octanol–water partition coefficient (Wildman–Crippen LogP) is 1.48. The number of hydrogen-bond acceptors (Lipinski definition) is 3. The van der Waals surface area contributed by atoms with Crippen molar-refractivity contribution in [1.29, 1.82) is 0 Å². The summed E-state index contributed by atoms with van der Waals surface area (Å²) >= 11 is 0. The zero-order valence-corrected chi connectivity index (χ0v) is 13.2. The van der Waals surface area contributed by atoms with Crippen LogP contribution in [0.25, 0.3) is 0 Å². The SMILES string of the molecule is Cc1cc(CC(C)NC(=O)Nc2c(C)ccn(C)c2=O)n[nH]1. The maximum absolute atomic E-state index is 12.0. The zero-order chi connectivity index (χ0) is 16.3. The molecule has 118 valence electrons. The molecule has 0 aliphatic heterocycles. The number of aromatic nitrogens is 3. The fraction of sp³-hybridized carbons (Fsp3) is 0.400. The highest BCUT2D eigenvalue weighted by Crippen LogP contribution is 2.07. The van der Waals surface area contributed by atoms with E-state index in [9.17, 15) is 9.59 Å². The van der Waals surface area contributed by atoms with Crippen molar-refractivity contribution in [1.82, 2.24) is 20.1 Å². The Morgan fingerprint density at radius 2 is 2.18 bits per heavy atom. The van der Waals surface area contributed by atoms with Crippen molar-refractivity contribution in [3.63, 3.8) is 0 Å². The van der Waals surface area contributed by atoms with Crippen LogP contribution in [0.5, 0.6) is 0 Å². The molecule has 2 aromatic heterocycles. The molecule has 1 atom stereocenters. The van der Waals surface area contributed by atoms with Gasteiger partial charge >= 0.3 is 6.03 Å². The van der Waals surface area contributed by atoms with Crippen molar-refractivity contribution in [2.75, 3.05) is 5.32 Å². The van der Waals surface area contributed by atoms with Gasteiger partial charge in [-0.25, -0.2) is 4.79 Å². The average molecular weight is 303 g/mol. The molecule has 2 aromatic rings. The van der Waals surface area contributed by atoms with Gasteiger partial charge < -0.3 is 15.2 Å². The molecular formula is C15H21N5O2. The normalized spacial score (nSPS) is 12.0. The Labute approximate surface area is 128 Å². The van der Waals surface area contributed by atoms with Crippen LogP contribution in [0.1, 0.15) is 23.9 Å². The summed E-state index contributed by atoms with van der Waals surface area (Å²) in [5.41, 5.74) is 2.66. The van der Waals surface area contributed by atoms with E-state index in [1.54, 1.807) is 26.2 Å². The Bertz CT molecular complexity index is 732. The molecule has 7 heteroatoms. The Balaban J connectivity index is 1.98. The largest absolute Gasteiger partial charge is 0.335 e. The third-order valence-corrected chi connectivity index (χ3v) is 3.37. The summed E-state index contributed by atoms with van der Waals surface area (Å²) in [6.07, 6.45) is 2.28. The minimum atomic E-state index is -0.397. The topological polar surface area (TPSA) is 91.8 Å². The summed E-state index contributed by atoms with van der Waals surface area (Å²) in [6.45, 7) is 5.60. The van der Waals surface area contributed by atoms with Crippen LogP contribution in [0.4, 0.5) is 10.5 Å². The number of hydrogen-bond donors (Lipinski definition) is 3. The van der Waals surface area contributed by atoms with E-state index in [4.69, 9.17) is 0 Å². The van der Waals surface area contributed by atoms with Crippen LogP contribution in [0, 0.1) is 13.8 Å². The summed E-state index contributed by atoms with van der Waals surface area (Å²) in [5.74, 6) is 0. The number of pyridine rings is 1. The lowest BCUT2D eigenvalue weighted by Gasteiger charge is -2.14. The number of nitrogens with zero attached hydrogens (tertiary/aromatic N) is 2. The van der Waals surface area contributed by atoms with Gasteiger partial charge in [-0.1, -0.05) is 0 Å². The Kier molecular flexibility index (Phi) is 4.65. The maximum Gasteiger partial charge on any atom is 0.319 e. The van der Waals surface area contributed by atoms with Crippen molar-refractivity contribution in [3.8, 4) is 0 Å². The van der Waals surface area contributed by atoms with E-state index in [0.717, 1.165) is 17.0 Å². The fourth-order valence-electron chi connectivity index (χ4n) is 2.19. The molecular weight excluding hydrogens is 282 g/mol. The summed E-state index contributed by atoms with van der Waals surface area (Å²) in [7, 11) is 1.65. The molecule has 0 aliphatic carbocycles. The van der Waals surface area contributed by atoms with Gasteiger partial charge in [0.25, 0.3) is 5.56 Å². The molecule has 0 saturated carbocycles. The zero-order valence-electron chi connectivity index (χ0n) is 13.2. The molecule has 3 N–H and O–H groups in total. The van der Waals surface area contributed by atoms with Gasteiger partial charge in [0, 0.05) is 31.4 Å². The highest BCUT2D eigenvalue weighted by atomic mass is 16.2. The van der Waals surface area contributed by atoms with E-state index in [0.29, 0.717) is 12.1 Å². The van der Waals surface area contributed by atoms with Crippen LogP contribution in [0.15, 0.2) is 23.1 Å². The number of amides is 2. The molecule has 0 saturated heterocycles. The molecule has 0 radical (unpaired) electrons. The minimum Gasteiger partial charge on any atom is -0.335 e. The van der Waals surface area contributed by atoms with Gasteiger partial charge in [0.1, 0.15) is 5.69 Å². The molecule has 0 aromatic carbocycles. The van der Waals surface area contributed by atoms with E-state index in [1.165, 1.54) is 4.57 Å². The van der Waals surface area contributed by atoms with Crippen molar-refractivity contribution in [2.45, 2.75) is 33.2 Å². The second-order valence-electron chi connectivity index (χ2n) is 5.54. The van der Waals surface area contributed by atoms with Crippen LogP contribution >= 0.6 is 0 Å². The number of aromatic amines is 1. The van der Waals surface area contributed by atoms with E-state index < -0.39 is 6.03 Å². The molecule has 22 heavy (non-hydrogen) atoms. The predicted molar refractivity (Wildman–Crippen MR) is 85.1 cm³/mol. The summed E-state index contributed by atoms with van der Waals surface area (Å²) in [4.78, 5) is 24.0. The van der Waals surface area contributed by atoms with E-state index in [2.05, 4.69) is 20.8 Å². The van der Waals surface area contributed by atoms with Crippen LogP contribution in [0.3, 0.4) is 0 Å². The molecule has 0 bridgehead atoms. The van der Waals surface area contributed by atoms with Gasteiger partial charge in [0.05, 0.1) is 5.69 Å². The Hall–Kier alpha value is -2.57. The first-order valence-corrected chi connectivity index (χ1v) is 7.11. The molecule has 0 fully saturated rings. The van der Waals surface area contributed by atoms with Gasteiger partial charge in [-0.15, -0.1) is 0 Å². The number of carbonyl (C=O) groups excluding carboxylic acids is 1. The number of carbonyl (C=O) groups is 1. The molecule has 1 unspecified atom stereocenters. The molecule has 0 aliphatic rings. The molecule has 2 amide bonds. The lowest BCUT2D eigenvalue weighted by molar-refractivity contribution is 0.249. The molecule has 7 nitrogen and oxygen atoms in total. The van der Waals surface area contributed by atoms with E-state index in [1.807, 2.05) is 19.9 Å². The molecule has 2 rings (SSSR count). The smallest absolute Gasteiger partial charge is 0.319 e. The van der Waals surface area contributed by atoms with Crippen molar-refractivity contribution in [2.24, 2.45) is 7.05 Å². The number of H-pyrrole nitrogens is 1. The summed E-state index contributed by atoms with van der Waals surface area (Å²) < 4.78 is 1.43. The molecule has 0 spiro atoms. The number of urea groups is 1. The number of aryl methyl sites for hydroxylation is 3. The van der Waals surface area contributed by atoms with Gasteiger partial charge in [0.15, 0.2) is 0 Å². The van der Waals surface area contributed by atoms with Gasteiger partial charge in [-0.05, 0) is 38.5 Å². The second-order valence-corrected chi connectivity index (χ2v) is 5.54. The third-order valence-electron chi connectivity index (χ3n) is 3.37. The maximum atomic E-state index is 12.0. The first-order valence-electron chi connectivity index (χ1n) is 7.11. The van der Waals surface area contributed by atoms with Crippen molar-refractivity contribution >= 4 is 11.7 Å². The third kappa shape index (κ3) is 3.75. The quantitative estimate of drug-likeness (QED) is 0.799. The summed E-state index contributed by atoms with van der Waals surface area (Å²) in [5, 5.41) is 12.4. The fourth-order valence-corrected chi connectivity index (χ4v) is 2.19. The highest BCUT2D eigenvalue weighted by Gasteiger charge is 2.13. The van der Waals surface area contributed by atoms with E-state index >= 15 is 0 Å². The Morgan fingerprint density at radius 3 is 2.82 bits per heavy atom. The van der Waals surface area contributed by atoms with Crippen LogP contribution < -0.4 is 16.2 Å². The van der Waals surface area contributed by atoms with Crippen LogP contribution in [-0.4, -0.2) is 26.8 Å². The number of anilines is 1. The van der Waals surface area contributed by atoms with Crippen molar-refractivity contribution in [3.05, 3.63) is 45.6 Å². The Morgan fingerprint density at radius 1 is 1.45 bits per heavy atom. The monoisotopic (exact) mass is 303 g/mol. The van der Waals surface area contributed by atoms with Crippen molar-refractivity contribution < 1.29 is 4.79 Å². The molecule has 2 heterocycles. The second kappa shape index (κ2) is 6.46. The standard InChI is InChI=1S/C15H21N5O2/c1-9-5-6-20(4)14(21)13(9)17-15(22)16-10(2)7-12-8-11(3)18-19-12/h5-6,8,10H,7H2,1-4H3,(H,18,19)(H2,16,17,22). The highest BCUT2D eigenvalue weighted by molar-refractivity contribution is 5.90. The van der Waals surface area contributed by atoms with E-state index in [-0.39, 0.29) is 11.6 Å². The van der Waals surface area contributed by atoms with Crippen LogP contribution in [0.2, 0.25) is 0 Å². The van der Waals surface area contributed by atoms with Gasteiger partial charge in [-0.2, -0.15) is 5.10 Å². The lowest BCUT2D eigenvalue weighted by Crippen LogP contribution is -2.39. The van der Waals surface area contributed by atoms with Gasteiger partial charge in [0.2, 0.25) is 0 Å². The number of nitrogens with one attached hydrogen (secondary N) is 3.